The number of benzene rings is 1. The topological polar surface area (TPSA) is 58.6 Å². The maximum atomic E-state index is 11.9. The third kappa shape index (κ3) is 4.30. The smallest absolute Gasteiger partial charge is 0.251 e. The van der Waals surface area contributed by atoms with Crippen molar-refractivity contribution >= 4 is 21.8 Å². The minimum atomic E-state index is -0.497. The number of amides is 1. The van der Waals surface area contributed by atoms with E-state index >= 15 is 0 Å². The van der Waals surface area contributed by atoms with E-state index in [0.29, 0.717) is 25.3 Å². The molecule has 1 aliphatic rings. The van der Waals surface area contributed by atoms with Gasteiger partial charge in [-0.15, -0.1) is 0 Å². The summed E-state index contributed by atoms with van der Waals surface area (Å²) in [5.41, 5.74) is 0.599. The van der Waals surface area contributed by atoms with Gasteiger partial charge in [-0.25, -0.2) is 0 Å². The van der Waals surface area contributed by atoms with Crippen molar-refractivity contribution in [3.63, 3.8) is 0 Å². The molecular weight excluding hydrogens is 310 g/mol. The molecule has 0 aliphatic carbocycles. The maximum Gasteiger partial charge on any atom is 0.251 e. The minimum absolute atomic E-state index is 0.154. The second-order valence-electron chi connectivity index (χ2n) is 4.73. The minimum Gasteiger partial charge on any atom is -0.391 e. The summed E-state index contributed by atoms with van der Waals surface area (Å²) < 4.78 is 6.19. The van der Waals surface area contributed by atoms with Crippen LogP contribution in [0.2, 0.25) is 0 Å². The number of hydrogen-bond donors (Lipinski definition) is 2. The van der Waals surface area contributed by atoms with Crippen molar-refractivity contribution in [2.24, 2.45) is 5.92 Å². The van der Waals surface area contributed by atoms with Crippen molar-refractivity contribution in [1.82, 2.24) is 5.32 Å². The maximum absolute atomic E-state index is 11.9. The van der Waals surface area contributed by atoms with Gasteiger partial charge in [0.2, 0.25) is 0 Å². The highest BCUT2D eigenvalue weighted by Crippen LogP contribution is 2.18. The highest BCUT2D eigenvalue weighted by molar-refractivity contribution is 9.10. The number of halogens is 1. The summed E-state index contributed by atoms with van der Waals surface area (Å²) in [6.07, 6.45) is 1.22. The van der Waals surface area contributed by atoms with Crippen molar-refractivity contribution in [3.8, 4) is 0 Å². The van der Waals surface area contributed by atoms with Crippen LogP contribution < -0.4 is 5.32 Å². The first-order valence-corrected chi connectivity index (χ1v) is 7.25. The fourth-order valence-corrected chi connectivity index (χ4v) is 2.43. The number of nitrogens with one attached hydrogen (secondary N) is 1. The van der Waals surface area contributed by atoms with Gasteiger partial charge in [0.05, 0.1) is 6.10 Å². The Morgan fingerprint density at radius 2 is 2.00 bits per heavy atom. The summed E-state index contributed by atoms with van der Waals surface area (Å²) in [7, 11) is 0. The Kier molecular flexibility index (Phi) is 5.36. The molecule has 0 radical (unpaired) electrons. The largest absolute Gasteiger partial charge is 0.391 e. The number of rotatable bonds is 4. The van der Waals surface area contributed by atoms with Gasteiger partial charge in [-0.3, -0.25) is 4.79 Å². The molecule has 2 rings (SSSR count). The molecule has 0 saturated carbocycles. The van der Waals surface area contributed by atoms with Crippen molar-refractivity contribution in [2.75, 3.05) is 19.8 Å². The molecule has 19 heavy (non-hydrogen) atoms. The second kappa shape index (κ2) is 7.03. The Morgan fingerprint density at radius 1 is 1.37 bits per heavy atom. The molecule has 0 unspecified atom stereocenters. The second-order valence-corrected chi connectivity index (χ2v) is 5.65. The molecule has 1 aliphatic heterocycles. The van der Waals surface area contributed by atoms with Crippen molar-refractivity contribution in [3.05, 3.63) is 34.3 Å². The molecule has 0 spiro atoms. The zero-order chi connectivity index (χ0) is 13.7. The number of hydrogen-bond acceptors (Lipinski definition) is 3. The molecule has 0 bridgehead atoms. The number of aliphatic hydroxyl groups excluding tert-OH is 1. The summed E-state index contributed by atoms with van der Waals surface area (Å²) in [5.74, 6) is 0.0672. The van der Waals surface area contributed by atoms with E-state index in [0.717, 1.165) is 17.3 Å². The van der Waals surface area contributed by atoms with Crippen LogP contribution in [0.4, 0.5) is 0 Å². The molecule has 1 amide bonds. The Balaban J connectivity index is 1.81. The predicted octanol–water partition coefficient (Wildman–Crippen LogP) is 1.97. The normalized spacial score (nSPS) is 18.0. The summed E-state index contributed by atoms with van der Waals surface area (Å²) in [6.45, 7) is 1.68. The highest BCUT2D eigenvalue weighted by atomic mass is 79.9. The monoisotopic (exact) mass is 327 g/mol. The summed E-state index contributed by atoms with van der Waals surface area (Å²) >= 11 is 3.33. The van der Waals surface area contributed by atoms with E-state index in [1.807, 2.05) is 12.1 Å². The van der Waals surface area contributed by atoms with Crippen LogP contribution in [0.5, 0.6) is 0 Å². The summed E-state index contributed by atoms with van der Waals surface area (Å²) in [6, 6.07) is 7.15. The first-order valence-electron chi connectivity index (χ1n) is 6.46. The fourth-order valence-electron chi connectivity index (χ4n) is 2.17. The molecule has 1 aromatic rings. The number of carbonyl (C=O) groups excluding carboxylic acids is 1. The standard InChI is InChI=1S/C14H18BrNO3/c15-12-3-1-11(2-4-12)14(18)16-9-13(17)10-5-7-19-8-6-10/h1-4,10,13,17H,5-9H2,(H,16,18)/t13-/m0/s1. The van der Waals surface area contributed by atoms with Gasteiger partial charge in [0, 0.05) is 29.8 Å². The third-order valence-electron chi connectivity index (χ3n) is 3.39. The van der Waals surface area contributed by atoms with Gasteiger partial charge in [0.15, 0.2) is 0 Å². The van der Waals surface area contributed by atoms with Gasteiger partial charge in [0.1, 0.15) is 0 Å². The molecule has 5 heteroatoms. The van der Waals surface area contributed by atoms with E-state index < -0.39 is 6.10 Å². The van der Waals surface area contributed by atoms with Crippen LogP contribution in [0.15, 0.2) is 28.7 Å². The predicted molar refractivity (Wildman–Crippen MR) is 76.0 cm³/mol. The van der Waals surface area contributed by atoms with E-state index in [2.05, 4.69) is 21.2 Å². The molecular formula is C14H18BrNO3. The summed E-state index contributed by atoms with van der Waals surface area (Å²) in [4.78, 5) is 11.9. The quantitative estimate of drug-likeness (QED) is 0.888. The van der Waals surface area contributed by atoms with Crippen LogP contribution in [-0.2, 0) is 4.74 Å². The third-order valence-corrected chi connectivity index (χ3v) is 3.92. The van der Waals surface area contributed by atoms with Crippen LogP contribution in [-0.4, -0.2) is 36.9 Å². The lowest BCUT2D eigenvalue weighted by Gasteiger charge is -2.26. The molecule has 1 atom stereocenters. The molecule has 1 heterocycles. The number of carbonyl (C=O) groups is 1. The molecule has 104 valence electrons. The van der Waals surface area contributed by atoms with Gasteiger partial charge in [-0.2, -0.15) is 0 Å². The fraction of sp³-hybridized carbons (Fsp3) is 0.500. The van der Waals surface area contributed by atoms with Crippen LogP contribution in [0.3, 0.4) is 0 Å². The van der Waals surface area contributed by atoms with Crippen molar-refractivity contribution < 1.29 is 14.6 Å². The average Bonchev–Trinajstić information content (AvgIpc) is 2.46. The SMILES string of the molecule is O=C(NC[C@H](O)C1CCOCC1)c1ccc(Br)cc1. The van der Waals surface area contributed by atoms with Crippen molar-refractivity contribution in [2.45, 2.75) is 18.9 Å². The first kappa shape index (κ1) is 14.5. The van der Waals surface area contributed by atoms with Crippen LogP contribution in [0.25, 0.3) is 0 Å². The van der Waals surface area contributed by atoms with Gasteiger partial charge in [0.25, 0.3) is 5.91 Å². The molecule has 1 aromatic carbocycles. The molecule has 4 nitrogen and oxygen atoms in total. The molecule has 1 saturated heterocycles. The first-order chi connectivity index (χ1) is 9.16. The highest BCUT2D eigenvalue weighted by Gasteiger charge is 2.22. The van der Waals surface area contributed by atoms with Gasteiger partial charge >= 0.3 is 0 Å². The van der Waals surface area contributed by atoms with E-state index in [1.54, 1.807) is 12.1 Å². The van der Waals surface area contributed by atoms with Gasteiger partial charge < -0.3 is 15.2 Å². The molecule has 0 aromatic heterocycles. The van der Waals surface area contributed by atoms with E-state index in [9.17, 15) is 9.90 Å². The molecule has 2 N–H and O–H groups in total. The number of ether oxygens (including phenoxy) is 1. The molecule has 1 fully saturated rings. The Labute approximate surface area is 121 Å². The lowest BCUT2D eigenvalue weighted by atomic mass is 9.94. The summed E-state index contributed by atoms with van der Waals surface area (Å²) in [5, 5.41) is 12.8. The van der Waals surface area contributed by atoms with Gasteiger partial charge in [-0.05, 0) is 43.0 Å². The zero-order valence-corrected chi connectivity index (χ0v) is 12.2. The zero-order valence-electron chi connectivity index (χ0n) is 10.6. The lowest BCUT2D eigenvalue weighted by molar-refractivity contribution is 0.00873. The Bertz CT molecular complexity index is 415. The van der Waals surface area contributed by atoms with Gasteiger partial charge in [-0.1, -0.05) is 15.9 Å². The number of aliphatic hydroxyl groups is 1. The lowest BCUT2D eigenvalue weighted by Crippen LogP contribution is -2.38. The average molecular weight is 328 g/mol. The van der Waals surface area contributed by atoms with Crippen LogP contribution in [0, 0.1) is 5.92 Å². The van der Waals surface area contributed by atoms with E-state index in [1.165, 1.54) is 0 Å². The van der Waals surface area contributed by atoms with E-state index in [-0.39, 0.29) is 11.8 Å². The van der Waals surface area contributed by atoms with Crippen molar-refractivity contribution in [1.29, 1.82) is 0 Å². The van der Waals surface area contributed by atoms with Crippen LogP contribution >= 0.6 is 15.9 Å². The Hall–Kier alpha value is -0.910. The van der Waals surface area contributed by atoms with E-state index in [4.69, 9.17) is 4.74 Å². The Morgan fingerprint density at radius 3 is 2.63 bits per heavy atom. The van der Waals surface area contributed by atoms with Crippen LogP contribution in [0.1, 0.15) is 23.2 Å².